The zero-order chi connectivity index (χ0) is 28.6. The Kier molecular flexibility index (Phi) is 7.62. The van der Waals surface area contributed by atoms with Gasteiger partial charge in [-0.15, -0.1) is 0 Å². The molecule has 2 aliphatic heterocycles. The van der Waals surface area contributed by atoms with E-state index in [1.807, 2.05) is 44.2 Å². The molecule has 1 fully saturated rings. The fourth-order valence-electron chi connectivity index (χ4n) is 5.66. The largest absolute Gasteiger partial charge is 0.487 e. The van der Waals surface area contributed by atoms with E-state index in [0.29, 0.717) is 37.0 Å². The lowest BCUT2D eigenvalue weighted by molar-refractivity contribution is -0.146. The van der Waals surface area contributed by atoms with Crippen LogP contribution in [0.5, 0.6) is 11.5 Å². The third-order valence-electron chi connectivity index (χ3n) is 7.58. The Morgan fingerprint density at radius 3 is 2.45 bits per heavy atom. The van der Waals surface area contributed by atoms with Crippen LogP contribution in [0.2, 0.25) is 0 Å². The molecule has 3 aromatic carbocycles. The van der Waals surface area contributed by atoms with Crippen LogP contribution in [-0.2, 0) is 35.5 Å². The Morgan fingerprint density at radius 1 is 1.05 bits per heavy atom. The number of fused-ring (bicyclic) bond motifs is 1. The molecule has 5 nitrogen and oxygen atoms in total. The van der Waals surface area contributed by atoms with Crippen LogP contribution in [0.1, 0.15) is 55.9 Å². The summed E-state index contributed by atoms with van der Waals surface area (Å²) in [5, 5.41) is 0. The van der Waals surface area contributed by atoms with Gasteiger partial charge in [0.1, 0.15) is 23.8 Å². The molecule has 210 valence electrons. The van der Waals surface area contributed by atoms with E-state index < -0.39 is 34.7 Å². The van der Waals surface area contributed by atoms with E-state index in [9.17, 15) is 22.8 Å². The first-order valence-electron chi connectivity index (χ1n) is 13.5. The molecule has 40 heavy (non-hydrogen) atoms. The minimum Gasteiger partial charge on any atom is -0.487 e. The Labute approximate surface area is 231 Å². The third-order valence-corrected chi connectivity index (χ3v) is 7.58. The molecule has 0 bridgehead atoms. The van der Waals surface area contributed by atoms with Crippen molar-refractivity contribution in [2.75, 3.05) is 0 Å². The summed E-state index contributed by atoms with van der Waals surface area (Å²) in [7, 11) is 0. The predicted octanol–water partition coefficient (Wildman–Crippen LogP) is 6.34. The molecule has 2 aliphatic rings. The van der Waals surface area contributed by atoms with Gasteiger partial charge in [0, 0.05) is 35.9 Å². The maximum Gasteiger partial charge on any atom is 0.232 e. The number of carbonyl (C=O) groups is 2. The van der Waals surface area contributed by atoms with Crippen LogP contribution in [0.3, 0.4) is 0 Å². The van der Waals surface area contributed by atoms with E-state index >= 15 is 0 Å². The third kappa shape index (κ3) is 5.71. The molecular formula is C32H32F3NO4. The van der Waals surface area contributed by atoms with Crippen molar-refractivity contribution in [1.29, 1.82) is 0 Å². The van der Waals surface area contributed by atoms with Crippen molar-refractivity contribution in [3.63, 3.8) is 0 Å². The Bertz CT molecular complexity index is 1420. The highest BCUT2D eigenvalue weighted by Gasteiger charge is 2.38. The van der Waals surface area contributed by atoms with E-state index in [1.165, 1.54) is 11.0 Å². The van der Waals surface area contributed by atoms with Gasteiger partial charge in [-0.2, -0.15) is 0 Å². The van der Waals surface area contributed by atoms with Gasteiger partial charge in [0.05, 0.1) is 0 Å². The number of nitrogens with zero attached hydrogens (tertiary/aromatic N) is 1. The lowest BCUT2D eigenvalue weighted by atomic mass is 9.97. The highest BCUT2D eigenvalue weighted by Crippen LogP contribution is 2.38. The van der Waals surface area contributed by atoms with Crippen molar-refractivity contribution in [2.45, 2.75) is 71.1 Å². The molecule has 1 saturated heterocycles. The number of rotatable bonds is 8. The minimum atomic E-state index is -0.946. The van der Waals surface area contributed by atoms with Crippen LogP contribution in [-0.4, -0.2) is 28.4 Å². The molecule has 8 heteroatoms. The predicted molar refractivity (Wildman–Crippen MR) is 143 cm³/mol. The standard InChI is InChI=1S/C32H32F3NO4/c1-19(31(38)36-22(9-12-29(36)37)14-20-7-5-4-6-8-20)13-21-15-26(34)30(27(35)16-21)39-18-24-23-17-32(2,3)40-28(23)11-10-25(24)33/h4-8,10-11,15-16,19,22H,9,12-14,17-18H2,1-3H3/t19-,22+/m1/s1. The lowest BCUT2D eigenvalue weighted by Gasteiger charge is -2.26. The van der Waals surface area contributed by atoms with Gasteiger partial charge in [-0.3, -0.25) is 14.5 Å². The van der Waals surface area contributed by atoms with Crippen molar-refractivity contribution in [1.82, 2.24) is 4.90 Å². The summed E-state index contributed by atoms with van der Waals surface area (Å²) in [5.74, 6) is -3.77. The minimum absolute atomic E-state index is 0.0437. The zero-order valence-electron chi connectivity index (χ0n) is 22.8. The topological polar surface area (TPSA) is 55.8 Å². The van der Waals surface area contributed by atoms with E-state index in [1.54, 1.807) is 13.0 Å². The molecule has 0 N–H and O–H groups in total. The molecule has 5 rings (SSSR count). The lowest BCUT2D eigenvalue weighted by Crippen LogP contribution is -2.43. The first-order chi connectivity index (χ1) is 19.0. The number of ether oxygens (including phenoxy) is 2. The monoisotopic (exact) mass is 551 g/mol. The fraction of sp³-hybridized carbons (Fsp3) is 0.375. The molecule has 0 aromatic heterocycles. The van der Waals surface area contributed by atoms with Crippen LogP contribution in [0.25, 0.3) is 0 Å². The second-order valence-corrected chi connectivity index (χ2v) is 11.3. The van der Waals surface area contributed by atoms with Crippen LogP contribution in [0, 0.1) is 23.4 Å². The highest BCUT2D eigenvalue weighted by atomic mass is 19.1. The molecule has 2 heterocycles. The first-order valence-corrected chi connectivity index (χ1v) is 13.5. The SMILES string of the molecule is C[C@H](Cc1cc(F)c(OCc2c(F)ccc3c2CC(C)(C)O3)c(F)c1)C(=O)N1C(=O)CC[C@H]1Cc1ccccc1. The molecule has 2 amide bonds. The van der Waals surface area contributed by atoms with E-state index in [2.05, 4.69) is 0 Å². The quantitative estimate of drug-likeness (QED) is 0.328. The van der Waals surface area contributed by atoms with Crippen LogP contribution < -0.4 is 9.47 Å². The molecule has 0 aliphatic carbocycles. The Balaban J connectivity index is 1.27. The zero-order valence-corrected chi connectivity index (χ0v) is 22.8. The highest BCUT2D eigenvalue weighted by molar-refractivity contribution is 5.98. The molecule has 0 spiro atoms. The van der Waals surface area contributed by atoms with Crippen molar-refractivity contribution in [3.8, 4) is 11.5 Å². The number of hydrogen-bond acceptors (Lipinski definition) is 4. The van der Waals surface area contributed by atoms with Gasteiger partial charge in [0.2, 0.25) is 11.8 Å². The van der Waals surface area contributed by atoms with Crippen LogP contribution >= 0.6 is 0 Å². The van der Waals surface area contributed by atoms with Gasteiger partial charge >= 0.3 is 0 Å². The summed E-state index contributed by atoms with van der Waals surface area (Å²) in [4.78, 5) is 27.2. The molecule has 0 unspecified atom stereocenters. The average Bonchev–Trinajstić information content (AvgIpc) is 3.42. The smallest absolute Gasteiger partial charge is 0.232 e. The molecule has 3 aromatic rings. The normalized spacial score (nSPS) is 18.4. The molecule has 2 atom stereocenters. The molecular weight excluding hydrogens is 519 g/mol. The molecule has 0 radical (unpaired) electrons. The number of halogens is 3. The number of benzene rings is 3. The van der Waals surface area contributed by atoms with Crippen molar-refractivity contribution in [3.05, 3.63) is 94.3 Å². The van der Waals surface area contributed by atoms with Gasteiger partial charge in [-0.05, 0) is 68.5 Å². The second kappa shape index (κ2) is 11.0. The maximum atomic E-state index is 15.0. The fourth-order valence-corrected chi connectivity index (χ4v) is 5.66. The Hall–Kier alpha value is -3.81. The van der Waals surface area contributed by atoms with Crippen LogP contribution in [0.15, 0.2) is 54.6 Å². The summed E-state index contributed by atoms with van der Waals surface area (Å²) in [6.07, 6.45) is 1.92. The van der Waals surface area contributed by atoms with Gasteiger partial charge in [0.15, 0.2) is 17.4 Å². The van der Waals surface area contributed by atoms with E-state index in [-0.39, 0.29) is 42.0 Å². The summed E-state index contributed by atoms with van der Waals surface area (Å²) in [6, 6.07) is 14.4. The van der Waals surface area contributed by atoms with Crippen molar-refractivity contribution in [2.24, 2.45) is 5.92 Å². The summed E-state index contributed by atoms with van der Waals surface area (Å²) < 4.78 is 55.9. The van der Waals surface area contributed by atoms with Crippen molar-refractivity contribution < 1.29 is 32.2 Å². The Morgan fingerprint density at radius 2 is 1.75 bits per heavy atom. The van der Waals surface area contributed by atoms with Crippen molar-refractivity contribution >= 4 is 11.8 Å². The first kappa shape index (κ1) is 27.7. The number of carbonyl (C=O) groups excluding carboxylic acids is 2. The number of imide groups is 1. The number of likely N-dealkylation sites (tertiary alicyclic amines) is 1. The number of hydrogen-bond donors (Lipinski definition) is 0. The van der Waals surface area contributed by atoms with Gasteiger partial charge < -0.3 is 9.47 Å². The maximum absolute atomic E-state index is 15.0. The average molecular weight is 552 g/mol. The summed E-state index contributed by atoms with van der Waals surface area (Å²) in [6.45, 7) is 5.04. The van der Waals surface area contributed by atoms with Gasteiger partial charge in [-0.25, -0.2) is 13.2 Å². The van der Waals surface area contributed by atoms with Gasteiger partial charge in [-0.1, -0.05) is 37.3 Å². The number of amides is 2. The van der Waals surface area contributed by atoms with E-state index in [4.69, 9.17) is 9.47 Å². The van der Waals surface area contributed by atoms with E-state index in [0.717, 1.165) is 17.7 Å². The summed E-state index contributed by atoms with van der Waals surface area (Å²) >= 11 is 0. The summed E-state index contributed by atoms with van der Waals surface area (Å²) in [5.41, 5.74) is 1.60. The molecule has 0 saturated carbocycles. The van der Waals surface area contributed by atoms with Gasteiger partial charge in [0.25, 0.3) is 0 Å². The van der Waals surface area contributed by atoms with Crippen LogP contribution in [0.4, 0.5) is 13.2 Å². The second-order valence-electron chi connectivity index (χ2n) is 11.3.